The molecular weight excluding hydrogens is 356 g/mol. The molecule has 0 aliphatic rings. The second-order valence-corrected chi connectivity index (χ2v) is 9.10. The van der Waals surface area contributed by atoms with Crippen molar-refractivity contribution in [2.45, 2.75) is 143 Å². The van der Waals surface area contributed by atoms with Gasteiger partial charge < -0.3 is 4.74 Å². The summed E-state index contributed by atoms with van der Waals surface area (Å²) in [5.41, 5.74) is 0.507. The van der Waals surface area contributed by atoms with Gasteiger partial charge in [0.2, 0.25) is 0 Å². The SMILES string of the molecule is C=C(C)C(=O)OCCC(CCCCCCCCCC)CCCCCCCCCC. The third-order valence-corrected chi connectivity index (χ3v) is 6.04. The molecule has 0 atom stereocenters. The number of hydrogen-bond acceptors (Lipinski definition) is 2. The Morgan fingerprint density at radius 1 is 0.655 bits per heavy atom. The molecule has 2 heteroatoms. The zero-order valence-electron chi connectivity index (χ0n) is 20.2. The molecule has 2 nitrogen and oxygen atoms in total. The molecule has 0 aromatic rings. The average molecular weight is 409 g/mol. The van der Waals surface area contributed by atoms with Crippen LogP contribution in [-0.2, 0) is 9.53 Å². The van der Waals surface area contributed by atoms with Gasteiger partial charge in [0, 0.05) is 5.57 Å². The predicted octanol–water partition coefficient (Wildman–Crippen LogP) is 9.17. The Morgan fingerprint density at radius 2 is 1.03 bits per heavy atom. The normalized spacial score (nSPS) is 11.2. The van der Waals surface area contributed by atoms with E-state index < -0.39 is 0 Å². The molecule has 0 aliphatic carbocycles. The van der Waals surface area contributed by atoms with Crippen LogP contribution in [0.15, 0.2) is 12.2 Å². The topological polar surface area (TPSA) is 26.3 Å². The molecule has 0 saturated heterocycles. The number of carbonyl (C=O) groups excluding carboxylic acids is 1. The van der Waals surface area contributed by atoms with E-state index in [9.17, 15) is 4.79 Å². The van der Waals surface area contributed by atoms with Crippen LogP contribution in [0.2, 0.25) is 0 Å². The van der Waals surface area contributed by atoms with E-state index in [4.69, 9.17) is 4.74 Å². The molecule has 0 saturated carbocycles. The first-order valence-corrected chi connectivity index (χ1v) is 12.9. The van der Waals surface area contributed by atoms with Crippen molar-refractivity contribution in [3.05, 3.63) is 12.2 Å². The Labute approximate surface area is 183 Å². The van der Waals surface area contributed by atoms with E-state index in [0.717, 1.165) is 6.42 Å². The molecule has 0 heterocycles. The van der Waals surface area contributed by atoms with E-state index in [-0.39, 0.29) is 5.97 Å². The quantitative estimate of drug-likeness (QED) is 0.101. The molecule has 0 aliphatic heterocycles. The van der Waals surface area contributed by atoms with Crippen LogP contribution in [0.25, 0.3) is 0 Å². The highest BCUT2D eigenvalue weighted by Gasteiger charge is 2.11. The Morgan fingerprint density at radius 3 is 1.41 bits per heavy atom. The van der Waals surface area contributed by atoms with Crippen LogP contribution in [0.5, 0.6) is 0 Å². The Hall–Kier alpha value is -0.790. The van der Waals surface area contributed by atoms with E-state index in [2.05, 4.69) is 20.4 Å². The van der Waals surface area contributed by atoms with Crippen molar-refractivity contribution in [1.29, 1.82) is 0 Å². The van der Waals surface area contributed by atoms with E-state index in [1.54, 1.807) is 6.92 Å². The lowest BCUT2D eigenvalue weighted by atomic mass is 9.91. The highest BCUT2D eigenvalue weighted by molar-refractivity contribution is 5.86. The fraction of sp³-hybridized carbons (Fsp3) is 0.889. The van der Waals surface area contributed by atoms with E-state index >= 15 is 0 Å². The smallest absolute Gasteiger partial charge is 0.333 e. The van der Waals surface area contributed by atoms with Gasteiger partial charge in [-0.05, 0) is 19.3 Å². The van der Waals surface area contributed by atoms with Crippen molar-refractivity contribution < 1.29 is 9.53 Å². The zero-order valence-corrected chi connectivity index (χ0v) is 20.2. The summed E-state index contributed by atoms with van der Waals surface area (Å²) in [5, 5.41) is 0. The Balaban J connectivity index is 3.93. The summed E-state index contributed by atoms with van der Waals surface area (Å²) < 4.78 is 5.36. The van der Waals surface area contributed by atoms with Gasteiger partial charge in [-0.1, -0.05) is 136 Å². The molecule has 0 radical (unpaired) electrons. The molecule has 0 aromatic heterocycles. The van der Waals surface area contributed by atoms with Gasteiger partial charge in [0.15, 0.2) is 0 Å². The van der Waals surface area contributed by atoms with Crippen LogP contribution >= 0.6 is 0 Å². The molecule has 0 fully saturated rings. The van der Waals surface area contributed by atoms with Crippen LogP contribution in [0.1, 0.15) is 143 Å². The first-order chi connectivity index (χ1) is 14.1. The minimum Gasteiger partial charge on any atom is -0.462 e. The number of esters is 1. The third kappa shape index (κ3) is 20.3. The monoisotopic (exact) mass is 408 g/mol. The van der Waals surface area contributed by atoms with Crippen LogP contribution in [0.4, 0.5) is 0 Å². The largest absolute Gasteiger partial charge is 0.462 e. The van der Waals surface area contributed by atoms with Crippen molar-refractivity contribution >= 4 is 5.97 Å². The standard InChI is InChI=1S/C27H52O2/c1-5-7-9-11-13-15-17-19-21-26(23-24-29-27(28)25(3)4)22-20-18-16-14-12-10-8-6-2/h26H,3,5-24H2,1-2,4H3. The molecule has 0 N–H and O–H groups in total. The highest BCUT2D eigenvalue weighted by atomic mass is 16.5. The van der Waals surface area contributed by atoms with Gasteiger partial charge in [0.05, 0.1) is 6.61 Å². The second-order valence-electron chi connectivity index (χ2n) is 9.10. The van der Waals surface area contributed by atoms with Gasteiger partial charge in [-0.25, -0.2) is 4.79 Å². The van der Waals surface area contributed by atoms with Gasteiger partial charge in [-0.2, -0.15) is 0 Å². The fourth-order valence-corrected chi connectivity index (χ4v) is 4.01. The lowest BCUT2D eigenvalue weighted by molar-refractivity contribution is -0.139. The number of carbonyl (C=O) groups is 1. The summed E-state index contributed by atoms with van der Waals surface area (Å²) >= 11 is 0. The molecule has 0 bridgehead atoms. The zero-order chi connectivity index (χ0) is 21.6. The molecular formula is C27H52O2. The molecule has 0 aromatic carbocycles. The molecule has 0 spiro atoms. The van der Waals surface area contributed by atoms with Gasteiger partial charge in [-0.3, -0.25) is 0 Å². The third-order valence-electron chi connectivity index (χ3n) is 6.04. The molecule has 0 rings (SSSR count). The van der Waals surface area contributed by atoms with Crippen LogP contribution in [0, 0.1) is 5.92 Å². The Bertz CT molecular complexity index is 355. The lowest BCUT2D eigenvalue weighted by Gasteiger charge is -2.17. The number of rotatable bonds is 22. The van der Waals surface area contributed by atoms with Gasteiger partial charge >= 0.3 is 5.97 Å². The van der Waals surface area contributed by atoms with Crippen molar-refractivity contribution in [2.24, 2.45) is 5.92 Å². The molecule has 29 heavy (non-hydrogen) atoms. The van der Waals surface area contributed by atoms with Crippen LogP contribution in [-0.4, -0.2) is 12.6 Å². The van der Waals surface area contributed by atoms with Crippen LogP contribution < -0.4 is 0 Å². The summed E-state index contributed by atoms with van der Waals surface area (Å²) in [6, 6.07) is 0. The summed E-state index contributed by atoms with van der Waals surface area (Å²) in [5.74, 6) is 0.482. The van der Waals surface area contributed by atoms with Crippen molar-refractivity contribution in [1.82, 2.24) is 0 Å². The van der Waals surface area contributed by atoms with Gasteiger partial charge in [-0.15, -0.1) is 0 Å². The van der Waals surface area contributed by atoms with E-state index in [1.165, 1.54) is 116 Å². The first kappa shape index (κ1) is 28.2. The van der Waals surface area contributed by atoms with Crippen molar-refractivity contribution in [3.8, 4) is 0 Å². The minimum atomic E-state index is -0.233. The summed E-state index contributed by atoms with van der Waals surface area (Å²) in [7, 11) is 0. The molecule has 0 amide bonds. The van der Waals surface area contributed by atoms with Crippen molar-refractivity contribution in [3.63, 3.8) is 0 Å². The number of hydrogen-bond donors (Lipinski definition) is 0. The first-order valence-electron chi connectivity index (χ1n) is 12.9. The number of unbranched alkanes of at least 4 members (excludes halogenated alkanes) is 14. The average Bonchev–Trinajstić information content (AvgIpc) is 2.71. The minimum absolute atomic E-state index is 0.233. The fourth-order valence-electron chi connectivity index (χ4n) is 4.01. The second kappa shape index (κ2) is 21.9. The maximum atomic E-state index is 11.6. The van der Waals surface area contributed by atoms with Crippen molar-refractivity contribution in [2.75, 3.05) is 6.61 Å². The molecule has 0 unspecified atom stereocenters. The van der Waals surface area contributed by atoms with E-state index in [0.29, 0.717) is 18.1 Å². The maximum absolute atomic E-state index is 11.6. The molecule has 172 valence electrons. The summed E-state index contributed by atoms with van der Waals surface area (Å²) in [6.45, 7) is 10.5. The highest BCUT2D eigenvalue weighted by Crippen LogP contribution is 2.22. The lowest BCUT2D eigenvalue weighted by Crippen LogP contribution is -2.11. The van der Waals surface area contributed by atoms with Crippen LogP contribution in [0.3, 0.4) is 0 Å². The summed E-state index contributed by atoms with van der Waals surface area (Å²) in [6.07, 6.45) is 25.7. The predicted molar refractivity (Wildman–Crippen MR) is 128 cm³/mol. The maximum Gasteiger partial charge on any atom is 0.333 e. The van der Waals surface area contributed by atoms with E-state index in [1.807, 2.05) is 0 Å². The summed E-state index contributed by atoms with van der Waals surface area (Å²) in [4.78, 5) is 11.6. The number of ether oxygens (including phenoxy) is 1. The Kier molecular flexibility index (Phi) is 21.3. The van der Waals surface area contributed by atoms with Gasteiger partial charge in [0.25, 0.3) is 0 Å². The van der Waals surface area contributed by atoms with Gasteiger partial charge in [0.1, 0.15) is 0 Å².